The van der Waals surface area contributed by atoms with Crippen molar-refractivity contribution in [2.45, 2.75) is 12.8 Å². The highest BCUT2D eigenvalue weighted by molar-refractivity contribution is 5.43. The minimum Gasteiger partial charge on any atom is -0.384 e. The summed E-state index contributed by atoms with van der Waals surface area (Å²) in [6.45, 7) is 1.57. The second-order valence-corrected chi connectivity index (χ2v) is 4.07. The third-order valence-electron chi connectivity index (χ3n) is 2.88. The van der Waals surface area contributed by atoms with Crippen LogP contribution >= 0.6 is 0 Å². The van der Waals surface area contributed by atoms with E-state index < -0.39 is 0 Å². The average molecular weight is 194 g/mol. The van der Waals surface area contributed by atoms with Crippen molar-refractivity contribution in [3.8, 4) is 0 Å². The Balaban J connectivity index is 1.92. The van der Waals surface area contributed by atoms with E-state index in [9.17, 15) is 4.39 Å². The van der Waals surface area contributed by atoms with E-state index in [-0.39, 0.29) is 11.2 Å². The molecule has 2 nitrogen and oxygen atoms in total. The summed E-state index contributed by atoms with van der Waals surface area (Å²) in [5.74, 6) is -0.201. The highest BCUT2D eigenvalue weighted by Gasteiger charge is 2.40. The van der Waals surface area contributed by atoms with Crippen molar-refractivity contribution < 1.29 is 4.39 Å². The molecule has 0 amide bonds. The van der Waals surface area contributed by atoms with Crippen LogP contribution in [-0.2, 0) is 0 Å². The van der Waals surface area contributed by atoms with Crippen molar-refractivity contribution in [1.29, 1.82) is 0 Å². The van der Waals surface area contributed by atoms with E-state index in [0.717, 1.165) is 18.8 Å². The van der Waals surface area contributed by atoms with Crippen LogP contribution in [0.3, 0.4) is 0 Å². The van der Waals surface area contributed by atoms with Gasteiger partial charge in [-0.3, -0.25) is 0 Å². The van der Waals surface area contributed by atoms with E-state index in [4.69, 9.17) is 5.73 Å². The zero-order chi connectivity index (χ0) is 10.0. The third kappa shape index (κ3) is 2.04. The Morgan fingerprint density at radius 1 is 1.43 bits per heavy atom. The van der Waals surface area contributed by atoms with Crippen LogP contribution in [0.5, 0.6) is 0 Å². The summed E-state index contributed by atoms with van der Waals surface area (Å²) < 4.78 is 12.8. The highest BCUT2D eigenvalue weighted by atomic mass is 19.1. The van der Waals surface area contributed by atoms with Gasteiger partial charge in [0.05, 0.1) is 0 Å². The predicted molar refractivity (Wildman–Crippen MR) is 55.6 cm³/mol. The van der Waals surface area contributed by atoms with E-state index in [1.165, 1.54) is 25.0 Å². The molecule has 0 heterocycles. The van der Waals surface area contributed by atoms with Crippen molar-refractivity contribution in [2.75, 3.05) is 18.4 Å². The average Bonchev–Trinajstić information content (AvgIpc) is 2.96. The molecule has 0 aromatic heterocycles. The molecule has 0 aliphatic heterocycles. The minimum absolute atomic E-state index is 0.201. The Morgan fingerprint density at radius 2 is 2.21 bits per heavy atom. The van der Waals surface area contributed by atoms with Gasteiger partial charge in [-0.15, -0.1) is 0 Å². The lowest BCUT2D eigenvalue weighted by molar-refractivity contribution is 0.555. The van der Waals surface area contributed by atoms with Crippen molar-refractivity contribution in [1.82, 2.24) is 0 Å². The Labute approximate surface area is 83.3 Å². The van der Waals surface area contributed by atoms with Crippen LogP contribution < -0.4 is 11.1 Å². The van der Waals surface area contributed by atoms with Gasteiger partial charge in [-0.1, -0.05) is 6.07 Å². The van der Waals surface area contributed by atoms with Gasteiger partial charge in [-0.05, 0) is 43.0 Å². The molecular formula is C11H15FN2. The largest absolute Gasteiger partial charge is 0.384 e. The molecule has 1 aliphatic carbocycles. The number of hydrogen-bond acceptors (Lipinski definition) is 2. The number of hydrogen-bond donors (Lipinski definition) is 2. The SMILES string of the molecule is NCC1(CNc2cccc(F)c2)CC1. The molecule has 76 valence electrons. The molecule has 0 spiro atoms. The molecule has 1 fully saturated rings. The Kier molecular flexibility index (Phi) is 2.42. The quantitative estimate of drug-likeness (QED) is 0.769. The molecule has 0 bridgehead atoms. The normalized spacial score (nSPS) is 17.9. The van der Waals surface area contributed by atoms with Gasteiger partial charge >= 0.3 is 0 Å². The van der Waals surface area contributed by atoms with E-state index >= 15 is 0 Å². The minimum atomic E-state index is -0.201. The van der Waals surface area contributed by atoms with Crippen LogP contribution in [0.15, 0.2) is 24.3 Å². The van der Waals surface area contributed by atoms with Crippen LogP contribution in [0, 0.1) is 11.2 Å². The van der Waals surface area contributed by atoms with Gasteiger partial charge in [-0.2, -0.15) is 0 Å². The van der Waals surface area contributed by atoms with Gasteiger partial charge in [0.2, 0.25) is 0 Å². The highest BCUT2D eigenvalue weighted by Crippen LogP contribution is 2.44. The van der Waals surface area contributed by atoms with Crippen LogP contribution in [0.1, 0.15) is 12.8 Å². The van der Waals surface area contributed by atoms with Crippen molar-refractivity contribution >= 4 is 5.69 Å². The van der Waals surface area contributed by atoms with E-state index in [2.05, 4.69) is 5.32 Å². The molecule has 3 N–H and O–H groups in total. The van der Waals surface area contributed by atoms with E-state index in [1.807, 2.05) is 6.07 Å². The lowest BCUT2D eigenvalue weighted by Gasteiger charge is -2.14. The third-order valence-corrected chi connectivity index (χ3v) is 2.88. The molecule has 1 aromatic rings. The van der Waals surface area contributed by atoms with Gasteiger partial charge in [0.25, 0.3) is 0 Å². The van der Waals surface area contributed by atoms with Gasteiger partial charge in [0.1, 0.15) is 5.82 Å². The van der Waals surface area contributed by atoms with E-state index in [1.54, 1.807) is 6.07 Å². The molecule has 0 unspecified atom stereocenters. The molecule has 0 radical (unpaired) electrons. The Bertz CT molecular complexity index is 321. The molecular weight excluding hydrogens is 179 g/mol. The lowest BCUT2D eigenvalue weighted by atomic mass is 10.1. The van der Waals surface area contributed by atoms with Crippen LogP contribution in [0.2, 0.25) is 0 Å². The Hall–Kier alpha value is -1.09. The fraction of sp³-hybridized carbons (Fsp3) is 0.455. The van der Waals surface area contributed by atoms with Gasteiger partial charge in [-0.25, -0.2) is 4.39 Å². The summed E-state index contributed by atoms with van der Waals surface area (Å²) >= 11 is 0. The molecule has 1 saturated carbocycles. The lowest BCUT2D eigenvalue weighted by Crippen LogP contribution is -2.24. The first-order chi connectivity index (χ1) is 6.74. The molecule has 0 atom stereocenters. The zero-order valence-electron chi connectivity index (χ0n) is 8.09. The Morgan fingerprint density at radius 3 is 2.79 bits per heavy atom. The summed E-state index contributed by atoms with van der Waals surface area (Å²) in [5.41, 5.74) is 6.77. The number of benzene rings is 1. The maximum atomic E-state index is 12.8. The van der Waals surface area contributed by atoms with Crippen LogP contribution in [-0.4, -0.2) is 13.1 Å². The summed E-state index contributed by atoms with van der Waals surface area (Å²) in [6.07, 6.45) is 2.37. The number of halogens is 1. The number of anilines is 1. The summed E-state index contributed by atoms with van der Waals surface area (Å²) in [6, 6.07) is 6.53. The predicted octanol–water partition coefficient (Wildman–Crippen LogP) is 1.98. The fourth-order valence-corrected chi connectivity index (χ4v) is 1.52. The summed E-state index contributed by atoms with van der Waals surface area (Å²) in [4.78, 5) is 0. The first-order valence-electron chi connectivity index (χ1n) is 4.94. The zero-order valence-corrected chi connectivity index (χ0v) is 8.09. The molecule has 1 aromatic carbocycles. The van der Waals surface area contributed by atoms with Crippen molar-refractivity contribution in [3.05, 3.63) is 30.1 Å². The second-order valence-electron chi connectivity index (χ2n) is 4.07. The molecule has 1 aliphatic rings. The first-order valence-corrected chi connectivity index (χ1v) is 4.94. The number of nitrogens with two attached hydrogens (primary N) is 1. The van der Waals surface area contributed by atoms with Gasteiger partial charge in [0.15, 0.2) is 0 Å². The van der Waals surface area contributed by atoms with Crippen molar-refractivity contribution in [3.63, 3.8) is 0 Å². The van der Waals surface area contributed by atoms with Crippen LogP contribution in [0.4, 0.5) is 10.1 Å². The van der Waals surface area contributed by atoms with E-state index in [0.29, 0.717) is 0 Å². The monoisotopic (exact) mass is 194 g/mol. The topological polar surface area (TPSA) is 38.0 Å². The molecule has 2 rings (SSSR count). The van der Waals surface area contributed by atoms with Crippen molar-refractivity contribution in [2.24, 2.45) is 11.1 Å². The summed E-state index contributed by atoms with van der Waals surface area (Å²) in [5, 5.41) is 3.22. The maximum absolute atomic E-state index is 12.8. The standard InChI is InChI=1S/C11H15FN2/c12-9-2-1-3-10(6-9)14-8-11(7-13)4-5-11/h1-3,6,14H,4-5,7-8,13H2. The maximum Gasteiger partial charge on any atom is 0.125 e. The van der Waals surface area contributed by atoms with Gasteiger partial charge in [0, 0.05) is 12.2 Å². The van der Waals surface area contributed by atoms with Gasteiger partial charge < -0.3 is 11.1 Å². The molecule has 3 heteroatoms. The first kappa shape index (κ1) is 9.46. The fourth-order valence-electron chi connectivity index (χ4n) is 1.52. The summed E-state index contributed by atoms with van der Waals surface area (Å²) in [7, 11) is 0. The second kappa shape index (κ2) is 3.58. The molecule has 0 saturated heterocycles. The molecule has 14 heavy (non-hydrogen) atoms. The number of rotatable bonds is 4. The number of nitrogens with one attached hydrogen (secondary N) is 1. The smallest absolute Gasteiger partial charge is 0.125 e. The van der Waals surface area contributed by atoms with Crippen LogP contribution in [0.25, 0.3) is 0 Å².